The Labute approximate surface area is 61.1 Å². The molecule has 0 aromatic rings. The molecule has 0 aromatic carbocycles. The van der Waals surface area contributed by atoms with Crippen LogP contribution in [0.1, 0.15) is 19.8 Å². The van der Waals surface area contributed by atoms with Crippen LogP contribution < -0.4 is 11.1 Å². The minimum atomic E-state index is 0. The average molecular weight is 148 g/mol. The first-order valence-electron chi connectivity index (χ1n) is 3.22. The van der Waals surface area contributed by atoms with Crippen LogP contribution in [0.2, 0.25) is 0 Å². The third kappa shape index (κ3) is 10.4. The molecule has 0 saturated carbocycles. The molecule has 0 radical (unpaired) electrons. The van der Waals surface area contributed by atoms with E-state index in [1.165, 1.54) is 6.92 Å². The molecule has 10 heavy (non-hydrogen) atoms. The standard InChI is InChI=1S/C6H14N2O.H2O/c1-6(9)8-5-3-2-4-7;/h2-5,7H2,1H3,(H,8,9);1H2. The highest BCUT2D eigenvalue weighted by molar-refractivity contribution is 5.72. The summed E-state index contributed by atoms with van der Waals surface area (Å²) in [6.45, 7) is 2.98. The zero-order chi connectivity index (χ0) is 7.11. The van der Waals surface area contributed by atoms with Crippen LogP contribution in [0, 0.1) is 0 Å². The van der Waals surface area contributed by atoms with Crippen molar-refractivity contribution in [3.8, 4) is 0 Å². The molecule has 1 amide bonds. The number of carbonyl (C=O) groups excluding carboxylic acids is 1. The van der Waals surface area contributed by atoms with Crippen molar-refractivity contribution >= 4 is 5.91 Å². The molecule has 0 saturated heterocycles. The maximum atomic E-state index is 10.3. The predicted octanol–water partition coefficient (Wildman–Crippen LogP) is -0.963. The molecule has 0 aromatic heterocycles. The molecule has 0 bridgehead atoms. The molecule has 5 N–H and O–H groups in total. The first-order valence-corrected chi connectivity index (χ1v) is 3.22. The topological polar surface area (TPSA) is 86.6 Å². The number of carbonyl (C=O) groups is 1. The summed E-state index contributed by atoms with van der Waals surface area (Å²) >= 11 is 0. The van der Waals surface area contributed by atoms with Gasteiger partial charge in [-0.1, -0.05) is 0 Å². The van der Waals surface area contributed by atoms with Gasteiger partial charge in [-0.05, 0) is 19.4 Å². The Hall–Kier alpha value is -0.610. The molecule has 0 fully saturated rings. The fraction of sp³-hybridized carbons (Fsp3) is 0.833. The molecule has 0 atom stereocenters. The zero-order valence-corrected chi connectivity index (χ0v) is 6.31. The fourth-order valence-electron chi connectivity index (χ4n) is 0.534. The van der Waals surface area contributed by atoms with Gasteiger partial charge in [0.1, 0.15) is 0 Å². The fourth-order valence-corrected chi connectivity index (χ4v) is 0.534. The maximum Gasteiger partial charge on any atom is 0.216 e. The van der Waals surface area contributed by atoms with E-state index in [0.717, 1.165) is 19.4 Å². The van der Waals surface area contributed by atoms with Gasteiger partial charge in [-0.3, -0.25) is 4.79 Å². The molecule has 0 heterocycles. The first-order chi connectivity index (χ1) is 4.27. The molecule has 62 valence electrons. The van der Waals surface area contributed by atoms with Gasteiger partial charge in [0.05, 0.1) is 0 Å². The normalized spacial score (nSPS) is 8.20. The third-order valence-corrected chi connectivity index (χ3v) is 1.00. The van der Waals surface area contributed by atoms with E-state index >= 15 is 0 Å². The van der Waals surface area contributed by atoms with Crippen molar-refractivity contribution in [1.29, 1.82) is 0 Å². The Morgan fingerprint density at radius 1 is 1.50 bits per heavy atom. The molecule has 0 rings (SSSR count). The van der Waals surface area contributed by atoms with E-state index in [0.29, 0.717) is 6.54 Å². The Balaban J connectivity index is 0. The van der Waals surface area contributed by atoms with Gasteiger partial charge in [-0.15, -0.1) is 0 Å². The Morgan fingerprint density at radius 2 is 2.10 bits per heavy atom. The van der Waals surface area contributed by atoms with Crippen molar-refractivity contribution < 1.29 is 10.3 Å². The highest BCUT2D eigenvalue weighted by Crippen LogP contribution is 1.81. The van der Waals surface area contributed by atoms with Crippen molar-refractivity contribution in [3.05, 3.63) is 0 Å². The summed E-state index contributed by atoms with van der Waals surface area (Å²) in [4.78, 5) is 10.3. The third-order valence-electron chi connectivity index (χ3n) is 1.00. The van der Waals surface area contributed by atoms with Crippen LogP contribution in [0.4, 0.5) is 0 Å². The number of nitrogens with one attached hydrogen (secondary N) is 1. The minimum Gasteiger partial charge on any atom is -0.412 e. The van der Waals surface area contributed by atoms with Crippen LogP contribution in [0.25, 0.3) is 0 Å². The van der Waals surface area contributed by atoms with Crippen LogP contribution >= 0.6 is 0 Å². The lowest BCUT2D eigenvalue weighted by molar-refractivity contribution is -0.118. The molecule has 4 heteroatoms. The molecule has 0 aliphatic rings. The number of unbranched alkanes of at least 4 members (excludes halogenated alkanes) is 1. The molecular formula is C6H16N2O2. The molecule has 0 spiro atoms. The van der Waals surface area contributed by atoms with Crippen LogP contribution in [0.15, 0.2) is 0 Å². The van der Waals surface area contributed by atoms with Crippen molar-refractivity contribution in [2.45, 2.75) is 19.8 Å². The molecular weight excluding hydrogens is 132 g/mol. The Bertz CT molecular complexity index is 85.8. The van der Waals surface area contributed by atoms with Gasteiger partial charge in [0.25, 0.3) is 0 Å². The summed E-state index contributed by atoms with van der Waals surface area (Å²) in [7, 11) is 0. The predicted molar refractivity (Wildman–Crippen MR) is 40.6 cm³/mol. The SMILES string of the molecule is CC(=O)NCCCCN.O. The number of hydrogen-bond acceptors (Lipinski definition) is 2. The quantitative estimate of drug-likeness (QED) is 0.503. The van der Waals surface area contributed by atoms with E-state index < -0.39 is 0 Å². The van der Waals surface area contributed by atoms with Crippen LogP contribution in [0.3, 0.4) is 0 Å². The summed E-state index contributed by atoms with van der Waals surface area (Å²) in [5, 5.41) is 2.69. The number of hydrogen-bond donors (Lipinski definition) is 2. The van der Waals surface area contributed by atoms with Gasteiger partial charge >= 0.3 is 0 Å². The lowest BCUT2D eigenvalue weighted by Crippen LogP contribution is -2.21. The average Bonchev–Trinajstić information content (AvgIpc) is 1.80. The van der Waals surface area contributed by atoms with E-state index in [2.05, 4.69) is 5.32 Å². The van der Waals surface area contributed by atoms with Gasteiger partial charge < -0.3 is 16.5 Å². The largest absolute Gasteiger partial charge is 0.412 e. The summed E-state index contributed by atoms with van der Waals surface area (Å²) in [5.41, 5.74) is 5.23. The van der Waals surface area contributed by atoms with Crippen LogP contribution in [-0.2, 0) is 4.79 Å². The van der Waals surface area contributed by atoms with Crippen LogP contribution in [-0.4, -0.2) is 24.5 Å². The highest BCUT2D eigenvalue weighted by atomic mass is 16.1. The van der Waals surface area contributed by atoms with Gasteiger partial charge in [-0.2, -0.15) is 0 Å². The Kier molecular flexibility index (Phi) is 10.2. The zero-order valence-electron chi connectivity index (χ0n) is 6.31. The second kappa shape index (κ2) is 8.39. The van der Waals surface area contributed by atoms with Gasteiger partial charge in [0.2, 0.25) is 5.91 Å². The van der Waals surface area contributed by atoms with E-state index in [1.54, 1.807) is 0 Å². The number of rotatable bonds is 4. The van der Waals surface area contributed by atoms with E-state index in [4.69, 9.17) is 5.73 Å². The minimum absolute atomic E-state index is 0. The lowest BCUT2D eigenvalue weighted by Gasteiger charge is -1.98. The van der Waals surface area contributed by atoms with Crippen molar-refractivity contribution in [1.82, 2.24) is 5.32 Å². The number of amides is 1. The summed E-state index contributed by atoms with van der Waals surface area (Å²) in [6.07, 6.45) is 1.97. The summed E-state index contributed by atoms with van der Waals surface area (Å²) in [6, 6.07) is 0. The highest BCUT2D eigenvalue weighted by Gasteiger charge is 1.87. The van der Waals surface area contributed by atoms with E-state index in [9.17, 15) is 4.79 Å². The van der Waals surface area contributed by atoms with Crippen LogP contribution in [0.5, 0.6) is 0 Å². The molecule has 0 aliphatic heterocycles. The van der Waals surface area contributed by atoms with Crippen molar-refractivity contribution in [2.24, 2.45) is 5.73 Å². The van der Waals surface area contributed by atoms with Gasteiger partial charge in [0, 0.05) is 13.5 Å². The summed E-state index contributed by atoms with van der Waals surface area (Å²) in [5.74, 6) is 0.0343. The number of nitrogens with two attached hydrogens (primary N) is 1. The second-order valence-electron chi connectivity index (χ2n) is 1.98. The first kappa shape index (κ1) is 12.1. The molecule has 0 aliphatic carbocycles. The van der Waals surface area contributed by atoms with E-state index in [-0.39, 0.29) is 11.4 Å². The van der Waals surface area contributed by atoms with Crippen molar-refractivity contribution in [3.63, 3.8) is 0 Å². The summed E-state index contributed by atoms with van der Waals surface area (Å²) < 4.78 is 0. The van der Waals surface area contributed by atoms with E-state index in [1.807, 2.05) is 0 Å². The second-order valence-corrected chi connectivity index (χ2v) is 1.98. The lowest BCUT2D eigenvalue weighted by atomic mass is 10.3. The molecule has 4 nitrogen and oxygen atoms in total. The van der Waals surface area contributed by atoms with Gasteiger partial charge in [0.15, 0.2) is 0 Å². The van der Waals surface area contributed by atoms with Crippen molar-refractivity contribution in [2.75, 3.05) is 13.1 Å². The van der Waals surface area contributed by atoms with Gasteiger partial charge in [-0.25, -0.2) is 0 Å². The monoisotopic (exact) mass is 148 g/mol. The Morgan fingerprint density at radius 3 is 2.50 bits per heavy atom. The molecule has 0 unspecified atom stereocenters. The smallest absolute Gasteiger partial charge is 0.216 e. The maximum absolute atomic E-state index is 10.3.